The van der Waals surface area contributed by atoms with Gasteiger partial charge in [0.2, 0.25) is 11.8 Å². The minimum Gasteiger partial charge on any atom is -0.508 e. The van der Waals surface area contributed by atoms with Gasteiger partial charge in [-0.2, -0.15) is 0 Å². The van der Waals surface area contributed by atoms with Crippen molar-refractivity contribution in [3.63, 3.8) is 0 Å². The number of hydrogen-bond donors (Lipinski definition) is 1. The molecule has 192 valence electrons. The summed E-state index contributed by atoms with van der Waals surface area (Å²) in [4.78, 5) is 55.8. The molecule has 4 unspecified atom stereocenters. The number of ketones is 2. The van der Waals surface area contributed by atoms with E-state index in [0.29, 0.717) is 34.4 Å². The molecule has 0 saturated carbocycles. The van der Waals surface area contributed by atoms with Gasteiger partial charge in [-0.05, 0) is 60.7 Å². The van der Waals surface area contributed by atoms with Crippen LogP contribution in [0.5, 0.6) is 5.75 Å². The number of phenolic OH excluding ortho intramolecular Hbond substituents is 1. The molecule has 4 atom stereocenters. The van der Waals surface area contributed by atoms with Gasteiger partial charge in [0.1, 0.15) is 5.75 Å². The molecule has 0 bridgehead atoms. The van der Waals surface area contributed by atoms with E-state index >= 15 is 0 Å². The quantitative estimate of drug-likeness (QED) is 0.289. The number of phenols is 1. The molecule has 1 N–H and O–H groups in total. The van der Waals surface area contributed by atoms with Crippen molar-refractivity contribution in [3.8, 4) is 5.75 Å². The summed E-state index contributed by atoms with van der Waals surface area (Å²) < 4.78 is 0. The zero-order valence-corrected chi connectivity index (χ0v) is 21.3. The van der Waals surface area contributed by atoms with Crippen molar-refractivity contribution in [2.24, 2.45) is 17.8 Å². The topological polar surface area (TPSA) is 91.8 Å². The molecular weight excluding hydrogens is 490 g/mol. The summed E-state index contributed by atoms with van der Waals surface area (Å²) in [5.41, 5.74) is 3.04. The number of allylic oxidation sites excluding steroid dienone is 6. The van der Waals surface area contributed by atoms with Crippen LogP contribution in [0.2, 0.25) is 0 Å². The highest BCUT2D eigenvalue weighted by Gasteiger charge is 2.57. The van der Waals surface area contributed by atoms with Crippen LogP contribution in [-0.2, 0) is 19.2 Å². The third kappa shape index (κ3) is 3.27. The average Bonchev–Trinajstić information content (AvgIpc) is 3.21. The summed E-state index contributed by atoms with van der Waals surface area (Å²) in [5, 5.41) is 12.9. The zero-order chi connectivity index (χ0) is 27.0. The average molecular weight is 516 g/mol. The molecule has 2 amide bonds. The number of amides is 2. The predicted molar refractivity (Wildman–Crippen MR) is 146 cm³/mol. The Morgan fingerprint density at radius 1 is 0.846 bits per heavy atom. The Bertz CT molecular complexity index is 1730. The third-order valence-corrected chi connectivity index (χ3v) is 8.82. The van der Waals surface area contributed by atoms with Crippen molar-refractivity contribution < 1.29 is 24.3 Å². The standard InChI is InChI=1S/C33H25NO5/c1-17-15-26(36)24-16-23-21(12-13-22-27(23)33(39)34(32(22)38)19-8-3-2-4-9-19)29(30(24)31(17)37)28-20-10-6-5-7-18(20)11-14-25(28)35/h2-12,14-15,22-23,27,29,35H,13,16H2,1H3. The number of hydrogen-bond acceptors (Lipinski definition) is 5. The number of fused-ring (bicyclic) bond motifs is 4. The van der Waals surface area contributed by atoms with Crippen molar-refractivity contribution in [2.45, 2.75) is 25.7 Å². The summed E-state index contributed by atoms with van der Waals surface area (Å²) >= 11 is 0. The largest absolute Gasteiger partial charge is 0.508 e. The van der Waals surface area contributed by atoms with Crippen molar-refractivity contribution in [1.82, 2.24) is 0 Å². The van der Waals surface area contributed by atoms with E-state index in [9.17, 15) is 24.3 Å². The van der Waals surface area contributed by atoms with Crippen molar-refractivity contribution >= 4 is 39.8 Å². The fraction of sp³-hybridized carbons (Fsp3) is 0.212. The first-order valence-corrected chi connectivity index (χ1v) is 13.2. The lowest BCUT2D eigenvalue weighted by atomic mass is 9.59. The van der Waals surface area contributed by atoms with Crippen LogP contribution in [0, 0.1) is 17.8 Å². The normalized spacial score (nSPS) is 26.3. The summed E-state index contributed by atoms with van der Waals surface area (Å²) in [6, 6.07) is 20.0. The first kappa shape index (κ1) is 23.5. The molecule has 3 aliphatic carbocycles. The van der Waals surface area contributed by atoms with Crippen LogP contribution in [0.3, 0.4) is 0 Å². The minimum atomic E-state index is -0.695. The highest BCUT2D eigenvalue weighted by Crippen LogP contribution is 2.57. The molecule has 1 aliphatic heterocycles. The Morgan fingerprint density at radius 2 is 1.59 bits per heavy atom. The molecule has 1 heterocycles. The smallest absolute Gasteiger partial charge is 0.238 e. The van der Waals surface area contributed by atoms with Crippen molar-refractivity contribution in [2.75, 3.05) is 4.90 Å². The predicted octanol–water partition coefficient (Wildman–Crippen LogP) is 5.18. The molecular formula is C33H25NO5. The number of para-hydroxylation sites is 1. The van der Waals surface area contributed by atoms with Gasteiger partial charge in [0.05, 0.1) is 17.5 Å². The monoisotopic (exact) mass is 515 g/mol. The number of benzene rings is 3. The molecule has 0 spiro atoms. The van der Waals surface area contributed by atoms with E-state index < -0.39 is 23.7 Å². The van der Waals surface area contributed by atoms with E-state index in [-0.39, 0.29) is 35.6 Å². The Hall–Kier alpha value is -4.58. The van der Waals surface area contributed by atoms with E-state index in [1.54, 1.807) is 37.3 Å². The van der Waals surface area contributed by atoms with E-state index in [4.69, 9.17) is 0 Å². The van der Waals surface area contributed by atoms with E-state index in [0.717, 1.165) is 16.3 Å². The second kappa shape index (κ2) is 8.46. The molecule has 6 heteroatoms. The van der Waals surface area contributed by atoms with Crippen LogP contribution >= 0.6 is 0 Å². The van der Waals surface area contributed by atoms with E-state index in [1.165, 1.54) is 11.0 Å². The Kier molecular flexibility index (Phi) is 5.11. The maximum atomic E-state index is 13.9. The summed E-state index contributed by atoms with van der Waals surface area (Å²) in [6.07, 6.45) is 3.91. The van der Waals surface area contributed by atoms with Gasteiger partial charge in [-0.1, -0.05) is 60.2 Å². The molecule has 1 fully saturated rings. The number of Topliss-reactive ketones (excluding diaryl/α,β-unsaturated/α-hetero) is 1. The highest BCUT2D eigenvalue weighted by atomic mass is 16.3. The van der Waals surface area contributed by atoms with Gasteiger partial charge in [-0.25, -0.2) is 0 Å². The Morgan fingerprint density at radius 3 is 2.38 bits per heavy atom. The zero-order valence-electron chi connectivity index (χ0n) is 21.3. The number of imide groups is 1. The van der Waals surface area contributed by atoms with Crippen LogP contribution in [0.4, 0.5) is 5.69 Å². The van der Waals surface area contributed by atoms with Gasteiger partial charge in [0.25, 0.3) is 0 Å². The lowest BCUT2D eigenvalue weighted by Gasteiger charge is -2.42. The Balaban J connectivity index is 1.44. The summed E-state index contributed by atoms with van der Waals surface area (Å²) in [7, 11) is 0. The van der Waals surface area contributed by atoms with Gasteiger partial charge >= 0.3 is 0 Å². The maximum Gasteiger partial charge on any atom is 0.238 e. The second-order valence-corrected chi connectivity index (χ2v) is 10.8. The molecule has 3 aromatic rings. The third-order valence-electron chi connectivity index (χ3n) is 8.82. The number of nitrogens with zero attached hydrogens (tertiary/aromatic N) is 1. The maximum absolute atomic E-state index is 13.9. The van der Waals surface area contributed by atoms with E-state index in [1.807, 2.05) is 42.5 Å². The van der Waals surface area contributed by atoms with Crippen LogP contribution in [0.25, 0.3) is 10.8 Å². The van der Waals surface area contributed by atoms with Crippen LogP contribution < -0.4 is 4.90 Å². The molecule has 0 radical (unpaired) electrons. The van der Waals surface area contributed by atoms with Crippen molar-refractivity contribution in [3.05, 3.63) is 107 Å². The summed E-state index contributed by atoms with van der Waals surface area (Å²) in [5.74, 6) is -3.28. The summed E-state index contributed by atoms with van der Waals surface area (Å²) in [6.45, 7) is 1.64. The fourth-order valence-corrected chi connectivity index (χ4v) is 7.11. The van der Waals surface area contributed by atoms with Gasteiger partial charge in [-0.3, -0.25) is 24.1 Å². The van der Waals surface area contributed by atoms with Crippen molar-refractivity contribution in [1.29, 1.82) is 0 Å². The van der Waals surface area contributed by atoms with E-state index in [2.05, 4.69) is 0 Å². The number of carbonyl (C=O) groups excluding carboxylic acids is 4. The lowest BCUT2D eigenvalue weighted by Crippen LogP contribution is -2.40. The number of aromatic hydroxyl groups is 1. The molecule has 1 saturated heterocycles. The molecule has 39 heavy (non-hydrogen) atoms. The minimum absolute atomic E-state index is 0.0291. The number of carbonyl (C=O) groups is 4. The highest BCUT2D eigenvalue weighted by molar-refractivity contribution is 6.25. The van der Waals surface area contributed by atoms with Gasteiger partial charge in [0, 0.05) is 28.2 Å². The lowest BCUT2D eigenvalue weighted by molar-refractivity contribution is -0.123. The van der Waals surface area contributed by atoms with Gasteiger partial charge in [0.15, 0.2) is 11.6 Å². The SMILES string of the molecule is CC1=CC(=O)C2=C(C1=O)C(c1c(O)ccc3ccccc13)C1=CCC3C(=O)N(c4ccccc4)C(=O)C3C1C2. The molecule has 0 aromatic heterocycles. The first-order valence-electron chi connectivity index (χ1n) is 13.2. The molecule has 7 rings (SSSR count). The number of anilines is 1. The van der Waals surface area contributed by atoms with Gasteiger partial charge < -0.3 is 5.11 Å². The van der Waals surface area contributed by atoms with Crippen LogP contribution in [0.1, 0.15) is 31.2 Å². The fourth-order valence-electron chi connectivity index (χ4n) is 7.11. The Labute approximate surface area is 224 Å². The molecule has 6 nitrogen and oxygen atoms in total. The molecule has 4 aliphatic rings. The number of rotatable bonds is 2. The first-order chi connectivity index (χ1) is 18.9. The van der Waals surface area contributed by atoms with Crippen LogP contribution in [-0.4, -0.2) is 28.5 Å². The second-order valence-electron chi connectivity index (χ2n) is 10.8. The van der Waals surface area contributed by atoms with Gasteiger partial charge in [-0.15, -0.1) is 0 Å². The van der Waals surface area contributed by atoms with Crippen LogP contribution in [0.15, 0.2) is 101 Å². The molecule has 3 aromatic carbocycles.